The van der Waals surface area contributed by atoms with E-state index in [0.717, 1.165) is 39.6 Å². The van der Waals surface area contributed by atoms with Crippen molar-refractivity contribution in [3.05, 3.63) is 139 Å². The van der Waals surface area contributed by atoms with E-state index in [4.69, 9.17) is 4.98 Å². The maximum atomic E-state index is 4.81. The fourth-order valence-electron chi connectivity index (χ4n) is 5.75. The molecular formula is C38H31N3. The molecule has 2 aromatic heterocycles. The first-order chi connectivity index (χ1) is 20.0. The van der Waals surface area contributed by atoms with Crippen LogP contribution in [0.4, 0.5) is 17.1 Å². The zero-order valence-electron chi connectivity index (χ0n) is 23.5. The van der Waals surface area contributed by atoms with E-state index in [1.54, 1.807) is 0 Å². The number of hydrogen-bond acceptors (Lipinski definition) is 3. The molecule has 1 aliphatic heterocycles. The topological polar surface area (TPSA) is 29.0 Å². The van der Waals surface area contributed by atoms with Crippen LogP contribution in [0.3, 0.4) is 0 Å². The molecule has 0 unspecified atom stereocenters. The van der Waals surface area contributed by atoms with Crippen molar-refractivity contribution in [2.75, 3.05) is 4.90 Å². The summed E-state index contributed by atoms with van der Waals surface area (Å²) in [7, 11) is 0. The van der Waals surface area contributed by atoms with Crippen molar-refractivity contribution in [3.8, 4) is 44.8 Å². The quantitative estimate of drug-likeness (QED) is 0.228. The summed E-state index contributed by atoms with van der Waals surface area (Å²) in [5, 5.41) is 0. The van der Waals surface area contributed by atoms with E-state index in [0.29, 0.717) is 0 Å². The Morgan fingerprint density at radius 3 is 1.93 bits per heavy atom. The molecule has 0 spiro atoms. The molecule has 0 aliphatic carbocycles. The maximum Gasteiger partial charge on any atom is 0.0705 e. The van der Waals surface area contributed by atoms with Gasteiger partial charge >= 0.3 is 0 Å². The molecule has 41 heavy (non-hydrogen) atoms. The summed E-state index contributed by atoms with van der Waals surface area (Å²) < 4.78 is 0. The van der Waals surface area contributed by atoms with Crippen molar-refractivity contribution in [3.63, 3.8) is 0 Å². The molecule has 0 N–H and O–H groups in total. The number of pyridine rings is 2. The third-order valence-electron chi connectivity index (χ3n) is 7.88. The van der Waals surface area contributed by atoms with Gasteiger partial charge in [0.15, 0.2) is 0 Å². The van der Waals surface area contributed by atoms with Crippen molar-refractivity contribution >= 4 is 17.1 Å². The minimum absolute atomic E-state index is 0.0409. The van der Waals surface area contributed by atoms with Crippen LogP contribution in [0.15, 0.2) is 134 Å². The fourth-order valence-corrected chi connectivity index (χ4v) is 5.75. The van der Waals surface area contributed by atoms with Gasteiger partial charge in [0.25, 0.3) is 0 Å². The average Bonchev–Trinajstić information content (AvgIpc) is 3.14. The summed E-state index contributed by atoms with van der Waals surface area (Å²) in [4.78, 5) is 11.8. The van der Waals surface area contributed by atoms with Crippen LogP contribution in [0, 0.1) is 0 Å². The van der Waals surface area contributed by atoms with Gasteiger partial charge in [-0.2, -0.15) is 0 Å². The molecule has 6 aromatic rings. The molecule has 0 radical (unpaired) electrons. The van der Waals surface area contributed by atoms with Crippen LogP contribution in [0.2, 0.25) is 0 Å². The number of anilines is 3. The Balaban J connectivity index is 1.50. The Labute approximate surface area is 241 Å². The molecule has 3 nitrogen and oxygen atoms in total. The molecule has 4 aromatic carbocycles. The van der Waals surface area contributed by atoms with Gasteiger partial charge in [-0.3, -0.25) is 9.97 Å². The van der Waals surface area contributed by atoms with Crippen molar-refractivity contribution in [2.45, 2.75) is 26.2 Å². The van der Waals surface area contributed by atoms with Crippen LogP contribution in [0.25, 0.3) is 44.8 Å². The highest BCUT2D eigenvalue weighted by molar-refractivity contribution is 6.03. The van der Waals surface area contributed by atoms with Crippen LogP contribution >= 0.6 is 0 Å². The molecule has 7 rings (SSSR count). The molecule has 198 valence electrons. The Bertz CT molecular complexity index is 1880. The second-order valence-electron chi connectivity index (χ2n) is 11.6. The Morgan fingerprint density at radius 2 is 1.17 bits per heavy atom. The lowest BCUT2D eigenvalue weighted by molar-refractivity contribution is 0.589. The molecule has 3 heterocycles. The second-order valence-corrected chi connectivity index (χ2v) is 11.6. The first kappa shape index (κ1) is 25.0. The predicted molar refractivity (Wildman–Crippen MR) is 171 cm³/mol. The van der Waals surface area contributed by atoms with Crippen LogP contribution in [0.1, 0.15) is 26.3 Å². The van der Waals surface area contributed by atoms with Gasteiger partial charge in [-0.15, -0.1) is 0 Å². The van der Waals surface area contributed by atoms with E-state index in [1.165, 1.54) is 27.8 Å². The van der Waals surface area contributed by atoms with Gasteiger partial charge in [-0.05, 0) is 70.6 Å². The molecule has 0 bridgehead atoms. The van der Waals surface area contributed by atoms with Crippen molar-refractivity contribution in [1.29, 1.82) is 0 Å². The lowest BCUT2D eigenvalue weighted by atomic mass is 9.86. The van der Waals surface area contributed by atoms with Gasteiger partial charge in [0.1, 0.15) is 0 Å². The second kappa shape index (κ2) is 9.87. The number of rotatable bonds is 3. The number of hydrogen-bond donors (Lipinski definition) is 0. The predicted octanol–water partition coefficient (Wildman–Crippen LogP) is 10.2. The van der Waals surface area contributed by atoms with E-state index in [1.807, 2.05) is 24.5 Å². The van der Waals surface area contributed by atoms with E-state index in [9.17, 15) is 0 Å². The maximum absolute atomic E-state index is 4.81. The zero-order valence-corrected chi connectivity index (χ0v) is 23.5. The Morgan fingerprint density at radius 1 is 0.488 bits per heavy atom. The highest BCUT2D eigenvalue weighted by Crippen LogP contribution is 2.51. The van der Waals surface area contributed by atoms with E-state index in [2.05, 4.69) is 140 Å². The highest BCUT2D eigenvalue weighted by atomic mass is 15.1. The lowest BCUT2D eigenvalue weighted by Gasteiger charge is -2.28. The smallest absolute Gasteiger partial charge is 0.0705 e. The number of para-hydroxylation sites is 1. The van der Waals surface area contributed by atoms with Gasteiger partial charge in [-0.25, -0.2) is 0 Å². The number of aromatic nitrogens is 2. The molecule has 0 saturated heterocycles. The third-order valence-corrected chi connectivity index (χ3v) is 7.88. The summed E-state index contributed by atoms with van der Waals surface area (Å²) in [5.41, 5.74) is 13.6. The average molecular weight is 530 g/mol. The minimum Gasteiger partial charge on any atom is -0.309 e. The van der Waals surface area contributed by atoms with Gasteiger partial charge < -0.3 is 4.90 Å². The van der Waals surface area contributed by atoms with Crippen molar-refractivity contribution < 1.29 is 0 Å². The normalized spacial score (nSPS) is 12.2. The van der Waals surface area contributed by atoms with Crippen LogP contribution in [0.5, 0.6) is 0 Å². The summed E-state index contributed by atoms with van der Waals surface area (Å²) in [6.07, 6.45) is 3.78. The summed E-state index contributed by atoms with van der Waals surface area (Å²) >= 11 is 0. The molecule has 1 aliphatic rings. The first-order valence-electron chi connectivity index (χ1n) is 14.1. The largest absolute Gasteiger partial charge is 0.309 e. The Hall–Kier alpha value is -5.02. The molecule has 0 amide bonds. The third kappa shape index (κ3) is 4.50. The number of benzene rings is 4. The van der Waals surface area contributed by atoms with Crippen LogP contribution in [-0.4, -0.2) is 9.97 Å². The van der Waals surface area contributed by atoms with E-state index < -0.39 is 0 Å². The van der Waals surface area contributed by atoms with Crippen LogP contribution < -0.4 is 4.90 Å². The van der Waals surface area contributed by atoms with Crippen LogP contribution in [-0.2, 0) is 5.41 Å². The standard InChI is InChI=1S/C38H31N3/c1-38(2,3)28-20-22-40-35(25-28)27-18-19-33-31-14-5-4-13-30(31)32-15-6-7-17-36(32)41(37(33)24-27)29-12-10-11-26(23-29)34-16-8-9-21-39-34/h4-25H,1-3H3. The minimum atomic E-state index is 0.0409. The zero-order chi connectivity index (χ0) is 28.0. The summed E-state index contributed by atoms with van der Waals surface area (Å²) in [6.45, 7) is 6.73. The monoisotopic (exact) mass is 529 g/mol. The summed E-state index contributed by atoms with van der Waals surface area (Å²) in [5.74, 6) is 0. The SMILES string of the molecule is CC(C)(C)c1ccnc(-c2ccc3c(c2)N(c2cccc(-c4ccccn4)c2)c2ccccc2-c2ccccc2-3)c1. The first-order valence-corrected chi connectivity index (χ1v) is 14.1. The number of fused-ring (bicyclic) bond motifs is 5. The molecule has 0 fully saturated rings. The molecular weight excluding hydrogens is 498 g/mol. The van der Waals surface area contributed by atoms with Gasteiger partial charge in [-0.1, -0.05) is 93.6 Å². The summed E-state index contributed by atoms with van der Waals surface area (Å²) in [6, 6.07) is 43.3. The number of nitrogens with zero attached hydrogens (tertiary/aromatic N) is 3. The van der Waals surface area contributed by atoms with E-state index in [-0.39, 0.29) is 5.41 Å². The van der Waals surface area contributed by atoms with Gasteiger partial charge in [0.2, 0.25) is 0 Å². The van der Waals surface area contributed by atoms with Gasteiger partial charge in [0.05, 0.1) is 22.8 Å². The highest BCUT2D eigenvalue weighted by Gasteiger charge is 2.27. The fraction of sp³-hybridized carbons (Fsp3) is 0.105. The lowest BCUT2D eigenvalue weighted by Crippen LogP contribution is -2.12. The Kier molecular flexibility index (Phi) is 6.01. The molecule has 3 heteroatoms. The molecule has 0 saturated carbocycles. The molecule has 0 atom stereocenters. The van der Waals surface area contributed by atoms with Crippen molar-refractivity contribution in [1.82, 2.24) is 9.97 Å². The van der Waals surface area contributed by atoms with E-state index >= 15 is 0 Å². The van der Waals surface area contributed by atoms with Crippen molar-refractivity contribution in [2.24, 2.45) is 0 Å². The van der Waals surface area contributed by atoms with Gasteiger partial charge in [0, 0.05) is 40.3 Å².